The molecule has 1 aliphatic heterocycles. The number of amides is 1. The third-order valence-corrected chi connectivity index (χ3v) is 3.51. The van der Waals surface area contributed by atoms with Gasteiger partial charge in [0, 0.05) is 19.1 Å². The normalized spacial score (nSPS) is 23.3. The molecule has 0 radical (unpaired) electrons. The van der Waals surface area contributed by atoms with Crippen LogP contribution in [0.5, 0.6) is 0 Å². The molecule has 2 unspecified atom stereocenters. The summed E-state index contributed by atoms with van der Waals surface area (Å²) < 4.78 is 4.69. The molecule has 3 N–H and O–H groups in total. The van der Waals surface area contributed by atoms with E-state index in [1.54, 1.807) is 0 Å². The quantitative estimate of drug-likeness (QED) is 0.677. The minimum atomic E-state index is -0.700. The van der Waals surface area contributed by atoms with Crippen LogP contribution in [0.2, 0.25) is 0 Å². The van der Waals surface area contributed by atoms with Crippen molar-refractivity contribution in [2.75, 3.05) is 32.8 Å². The number of hydrogen-bond donors (Lipinski definition) is 2. The highest BCUT2D eigenvalue weighted by Gasteiger charge is 2.23. The lowest BCUT2D eigenvalue weighted by Crippen LogP contribution is -2.45. The summed E-state index contributed by atoms with van der Waals surface area (Å²) in [6.07, 6.45) is 1.86. The van der Waals surface area contributed by atoms with Gasteiger partial charge in [0.1, 0.15) is 6.61 Å². The topological polar surface area (TPSA) is 67.6 Å². The predicted molar refractivity (Wildman–Crippen MR) is 67.8 cm³/mol. The number of nitrogens with one attached hydrogen (secondary N) is 1. The molecular weight excluding hydrogens is 218 g/mol. The zero-order valence-corrected chi connectivity index (χ0v) is 10.9. The van der Waals surface area contributed by atoms with Crippen LogP contribution in [0.15, 0.2) is 0 Å². The first kappa shape index (κ1) is 14.3. The van der Waals surface area contributed by atoms with E-state index in [0.29, 0.717) is 25.1 Å². The summed E-state index contributed by atoms with van der Waals surface area (Å²) >= 11 is 0. The fourth-order valence-electron chi connectivity index (χ4n) is 2.39. The van der Waals surface area contributed by atoms with Crippen LogP contribution in [0.25, 0.3) is 0 Å². The molecule has 100 valence electrons. The average molecular weight is 243 g/mol. The summed E-state index contributed by atoms with van der Waals surface area (Å²) in [5, 5.41) is 3.39. The van der Waals surface area contributed by atoms with E-state index < -0.39 is 6.09 Å². The van der Waals surface area contributed by atoms with Crippen molar-refractivity contribution < 1.29 is 9.53 Å². The molecule has 0 saturated carbocycles. The molecule has 0 bridgehead atoms. The molecule has 1 fully saturated rings. The number of piperidine rings is 1. The second kappa shape index (κ2) is 7.50. The summed E-state index contributed by atoms with van der Waals surface area (Å²) in [6.45, 7) is 8.96. The molecule has 1 amide bonds. The van der Waals surface area contributed by atoms with Crippen molar-refractivity contribution >= 4 is 6.09 Å². The van der Waals surface area contributed by atoms with Gasteiger partial charge in [-0.05, 0) is 38.8 Å². The smallest absolute Gasteiger partial charge is 0.404 e. The lowest BCUT2D eigenvalue weighted by molar-refractivity contribution is 0.142. The van der Waals surface area contributed by atoms with E-state index in [2.05, 4.69) is 28.8 Å². The molecule has 0 aromatic carbocycles. The second-order valence-electron chi connectivity index (χ2n) is 4.71. The zero-order valence-electron chi connectivity index (χ0n) is 10.9. The minimum absolute atomic E-state index is 0.351. The van der Waals surface area contributed by atoms with E-state index in [1.165, 1.54) is 25.9 Å². The molecule has 0 aliphatic carbocycles. The fourth-order valence-corrected chi connectivity index (χ4v) is 2.39. The van der Waals surface area contributed by atoms with Gasteiger partial charge in [0.25, 0.3) is 0 Å². The molecule has 17 heavy (non-hydrogen) atoms. The maximum absolute atomic E-state index is 10.4. The SMILES string of the molecule is CCN1CCCC(C(C)NCCOC(N)=O)C1. The van der Waals surface area contributed by atoms with Crippen LogP contribution < -0.4 is 11.1 Å². The lowest BCUT2D eigenvalue weighted by atomic mass is 9.91. The molecule has 0 aromatic heterocycles. The van der Waals surface area contributed by atoms with Gasteiger partial charge in [0.2, 0.25) is 0 Å². The van der Waals surface area contributed by atoms with Gasteiger partial charge >= 0.3 is 6.09 Å². The van der Waals surface area contributed by atoms with E-state index in [9.17, 15) is 4.79 Å². The molecular formula is C12H25N3O2. The standard InChI is InChI=1S/C12H25N3O2/c1-3-15-7-4-5-11(9-15)10(2)14-6-8-17-12(13)16/h10-11,14H,3-9H2,1-2H3,(H2,13,16). The van der Waals surface area contributed by atoms with Crippen molar-refractivity contribution in [2.24, 2.45) is 11.7 Å². The summed E-state index contributed by atoms with van der Waals surface area (Å²) in [4.78, 5) is 12.9. The molecule has 1 rings (SSSR count). The Bertz CT molecular complexity index is 236. The zero-order chi connectivity index (χ0) is 12.7. The minimum Gasteiger partial charge on any atom is -0.448 e. The van der Waals surface area contributed by atoms with Crippen LogP contribution in [0.1, 0.15) is 26.7 Å². The second-order valence-corrected chi connectivity index (χ2v) is 4.71. The Balaban J connectivity index is 2.17. The molecule has 1 aliphatic rings. The fraction of sp³-hybridized carbons (Fsp3) is 0.917. The van der Waals surface area contributed by atoms with E-state index >= 15 is 0 Å². The summed E-state index contributed by atoms with van der Waals surface area (Å²) in [6, 6.07) is 0.459. The van der Waals surface area contributed by atoms with E-state index in [0.717, 1.165) is 6.54 Å². The third kappa shape index (κ3) is 5.37. The molecule has 0 spiro atoms. The Morgan fingerprint density at radius 3 is 3.06 bits per heavy atom. The van der Waals surface area contributed by atoms with Crippen LogP contribution in [-0.4, -0.2) is 49.8 Å². The number of ether oxygens (including phenoxy) is 1. The number of carbonyl (C=O) groups excluding carboxylic acids is 1. The number of hydrogen-bond acceptors (Lipinski definition) is 4. The molecule has 0 aromatic rings. The molecule has 1 saturated heterocycles. The summed E-state index contributed by atoms with van der Waals surface area (Å²) in [5.41, 5.74) is 4.89. The highest BCUT2D eigenvalue weighted by molar-refractivity contribution is 5.64. The van der Waals surface area contributed by atoms with Crippen molar-refractivity contribution in [1.29, 1.82) is 0 Å². The Kier molecular flexibility index (Phi) is 6.29. The van der Waals surface area contributed by atoms with Gasteiger partial charge in [-0.1, -0.05) is 6.92 Å². The maximum atomic E-state index is 10.4. The predicted octanol–water partition coefficient (Wildman–Crippen LogP) is 0.792. The van der Waals surface area contributed by atoms with Gasteiger partial charge in [-0.3, -0.25) is 0 Å². The number of carbonyl (C=O) groups is 1. The molecule has 1 heterocycles. The van der Waals surface area contributed by atoms with E-state index in [-0.39, 0.29) is 0 Å². The van der Waals surface area contributed by atoms with Gasteiger partial charge in [-0.2, -0.15) is 0 Å². The van der Waals surface area contributed by atoms with Gasteiger partial charge in [-0.15, -0.1) is 0 Å². The first-order valence-electron chi connectivity index (χ1n) is 6.51. The first-order valence-corrected chi connectivity index (χ1v) is 6.51. The molecule has 5 heteroatoms. The van der Waals surface area contributed by atoms with Crippen LogP contribution in [0.3, 0.4) is 0 Å². The van der Waals surface area contributed by atoms with E-state index in [1.807, 2.05) is 0 Å². The maximum Gasteiger partial charge on any atom is 0.404 e. The van der Waals surface area contributed by atoms with Crippen molar-refractivity contribution in [3.63, 3.8) is 0 Å². The number of nitrogens with two attached hydrogens (primary N) is 1. The number of nitrogens with zero attached hydrogens (tertiary/aromatic N) is 1. The van der Waals surface area contributed by atoms with Crippen LogP contribution in [-0.2, 0) is 4.74 Å². The van der Waals surface area contributed by atoms with E-state index in [4.69, 9.17) is 5.73 Å². The first-order chi connectivity index (χ1) is 8.13. The summed E-state index contributed by atoms with van der Waals surface area (Å²) in [5.74, 6) is 0.692. The van der Waals surface area contributed by atoms with Gasteiger partial charge in [0.05, 0.1) is 0 Å². The van der Waals surface area contributed by atoms with Gasteiger partial charge < -0.3 is 20.7 Å². The molecule has 2 atom stereocenters. The van der Waals surface area contributed by atoms with Crippen molar-refractivity contribution in [3.8, 4) is 0 Å². The number of primary amides is 1. The highest BCUT2D eigenvalue weighted by Crippen LogP contribution is 2.19. The third-order valence-electron chi connectivity index (χ3n) is 3.51. The number of rotatable bonds is 6. The van der Waals surface area contributed by atoms with Gasteiger partial charge in [0.15, 0.2) is 0 Å². The van der Waals surface area contributed by atoms with Crippen LogP contribution >= 0.6 is 0 Å². The monoisotopic (exact) mass is 243 g/mol. The van der Waals surface area contributed by atoms with Crippen LogP contribution in [0, 0.1) is 5.92 Å². The highest BCUT2D eigenvalue weighted by atomic mass is 16.5. The van der Waals surface area contributed by atoms with Gasteiger partial charge in [-0.25, -0.2) is 4.79 Å². The average Bonchev–Trinajstić information content (AvgIpc) is 2.34. The molecule has 5 nitrogen and oxygen atoms in total. The number of likely N-dealkylation sites (tertiary alicyclic amines) is 1. The lowest BCUT2D eigenvalue weighted by Gasteiger charge is -2.35. The van der Waals surface area contributed by atoms with Crippen molar-refractivity contribution in [1.82, 2.24) is 10.2 Å². The Hall–Kier alpha value is -0.810. The Morgan fingerprint density at radius 1 is 1.65 bits per heavy atom. The Morgan fingerprint density at radius 2 is 2.41 bits per heavy atom. The van der Waals surface area contributed by atoms with Crippen molar-refractivity contribution in [2.45, 2.75) is 32.7 Å². The summed E-state index contributed by atoms with van der Waals surface area (Å²) in [7, 11) is 0. The Labute approximate surface area is 104 Å². The van der Waals surface area contributed by atoms with Crippen LogP contribution in [0.4, 0.5) is 4.79 Å². The largest absolute Gasteiger partial charge is 0.448 e. The van der Waals surface area contributed by atoms with Crippen molar-refractivity contribution in [3.05, 3.63) is 0 Å².